The Morgan fingerprint density at radius 1 is 1.32 bits per heavy atom. The molecule has 2 N–H and O–H groups in total. The molecule has 1 aromatic rings. The van der Waals surface area contributed by atoms with Gasteiger partial charge in [-0.25, -0.2) is 0 Å². The molecule has 19 heavy (non-hydrogen) atoms. The summed E-state index contributed by atoms with van der Waals surface area (Å²) in [6, 6.07) is 6.44. The fourth-order valence-electron chi connectivity index (χ4n) is 2.01. The number of benzene rings is 1. The molecule has 2 nitrogen and oxygen atoms in total. The number of halogens is 2. The molecule has 0 aliphatic rings. The molecule has 0 saturated carbocycles. The molecule has 0 heterocycles. The molecule has 0 aromatic heterocycles. The van der Waals surface area contributed by atoms with E-state index in [1.165, 1.54) is 0 Å². The van der Waals surface area contributed by atoms with Gasteiger partial charge >= 0.3 is 0 Å². The van der Waals surface area contributed by atoms with Gasteiger partial charge in [-0.05, 0) is 50.6 Å². The second kappa shape index (κ2) is 7.63. The second-order valence-electron chi connectivity index (χ2n) is 5.53. The molecule has 0 saturated heterocycles. The van der Waals surface area contributed by atoms with Crippen molar-refractivity contribution in [2.75, 3.05) is 13.6 Å². The summed E-state index contributed by atoms with van der Waals surface area (Å²) >= 11 is 9.64. The van der Waals surface area contributed by atoms with Crippen molar-refractivity contribution in [2.24, 2.45) is 11.7 Å². The van der Waals surface area contributed by atoms with Gasteiger partial charge in [-0.15, -0.1) is 0 Å². The third kappa shape index (κ3) is 5.07. The van der Waals surface area contributed by atoms with Crippen molar-refractivity contribution in [1.82, 2.24) is 4.90 Å². The molecule has 0 spiro atoms. The van der Waals surface area contributed by atoms with Crippen molar-refractivity contribution in [3.63, 3.8) is 0 Å². The average molecular weight is 348 g/mol. The first kappa shape index (κ1) is 17.0. The molecule has 0 bridgehead atoms. The maximum atomic E-state index is 6.24. The summed E-state index contributed by atoms with van der Waals surface area (Å²) in [5.74, 6) is 0.650. The lowest BCUT2D eigenvalue weighted by atomic mass is 10.0. The quantitative estimate of drug-likeness (QED) is 0.822. The van der Waals surface area contributed by atoms with E-state index in [1.807, 2.05) is 18.2 Å². The summed E-state index contributed by atoms with van der Waals surface area (Å²) in [6.45, 7) is 7.72. The Morgan fingerprint density at radius 3 is 2.47 bits per heavy atom. The summed E-state index contributed by atoms with van der Waals surface area (Å²) in [5, 5.41) is 0.737. The van der Waals surface area contributed by atoms with E-state index in [1.54, 1.807) is 0 Å². The van der Waals surface area contributed by atoms with Gasteiger partial charge in [-0.3, -0.25) is 0 Å². The standard InChI is InChI=1S/C15H24BrClN2/c1-10(2)11(3)19(4)8-7-15(18)13-6-5-12(16)9-14(13)17/h5-6,9-11,15H,7-8,18H2,1-4H3. The first-order chi connectivity index (χ1) is 8.82. The molecule has 108 valence electrons. The van der Waals surface area contributed by atoms with Crippen LogP contribution in [0, 0.1) is 5.92 Å². The monoisotopic (exact) mass is 346 g/mol. The van der Waals surface area contributed by atoms with Crippen LogP contribution in [0.15, 0.2) is 22.7 Å². The first-order valence-corrected chi connectivity index (χ1v) is 7.90. The van der Waals surface area contributed by atoms with Crippen LogP contribution in [-0.4, -0.2) is 24.5 Å². The first-order valence-electron chi connectivity index (χ1n) is 6.73. The van der Waals surface area contributed by atoms with Crippen LogP contribution in [0.4, 0.5) is 0 Å². The van der Waals surface area contributed by atoms with Gasteiger partial charge in [-0.2, -0.15) is 0 Å². The largest absolute Gasteiger partial charge is 0.324 e. The maximum absolute atomic E-state index is 6.24. The summed E-state index contributed by atoms with van der Waals surface area (Å²) in [4.78, 5) is 2.36. The van der Waals surface area contributed by atoms with Crippen LogP contribution in [0.3, 0.4) is 0 Å². The van der Waals surface area contributed by atoms with Crippen LogP contribution >= 0.6 is 27.5 Å². The predicted octanol–water partition coefficient (Wildman–Crippen LogP) is 4.47. The molecule has 0 fully saturated rings. The van der Waals surface area contributed by atoms with Crippen molar-refractivity contribution < 1.29 is 0 Å². The van der Waals surface area contributed by atoms with E-state index >= 15 is 0 Å². The Hall–Kier alpha value is -0.0900. The highest BCUT2D eigenvalue weighted by molar-refractivity contribution is 9.10. The van der Waals surface area contributed by atoms with E-state index in [2.05, 4.69) is 48.6 Å². The van der Waals surface area contributed by atoms with E-state index in [4.69, 9.17) is 17.3 Å². The fourth-order valence-corrected chi connectivity index (χ4v) is 2.83. The van der Waals surface area contributed by atoms with Gasteiger partial charge < -0.3 is 10.6 Å². The molecule has 4 heteroatoms. The van der Waals surface area contributed by atoms with E-state index in [-0.39, 0.29) is 6.04 Å². The summed E-state index contributed by atoms with van der Waals surface area (Å²) in [5.41, 5.74) is 7.27. The molecule has 2 unspecified atom stereocenters. The average Bonchev–Trinajstić information content (AvgIpc) is 2.34. The van der Waals surface area contributed by atoms with E-state index in [9.17, 15) is 0 Å². The van der Waals surface area contributed by atoms with Gasteiger partial charge in [0.05, 0.1) is 0 Å². The van der Waals surface area contributed by atoms with Gasteiger partial charge in [0.2, 0.25) is 0 Å². The third-order valence-electron chi connectivity index (χ3n) is 3.81. The highest BCUT2D eigenvalue weighted by Gasteiger charge is 2.16. The highest BCUT2D eigenvalue weighted by atomic mass is 79.9. The van der Waals surface area contributed by atoms with Gasteiger partial charge in [0.15, 0.2) is 0 Å². The summed E-state index contributed by atoms with van der Waals surface area (Å²) < 4.78 is 0.985. The van der Waals surface area contributed by atoms with Crippen molar-refractivity contribution in [3.05, 3.63) is 33.3 Å². The number of hydrogen-bond acceptors (Lipinski definition) is 2. The lowest BCUT2D eigenvalue weighted by Crippen LogP contribution is -2.35. The Bertz CT molecular complexity index is 409. The van der Waals surface area contributed by atoms with Crippen molar-refractivity contribution in [2.45, 2.75) is 39.3 Å². The molecule has 0 amide bonds. The number of rotatable bonds is 6. The zero-order valence-corrected chi connectivity index (χ0v) is 14.5. The van der Waals surface area contributed by atoms with Gasteiger partial charge in [-0.1, -0.05) is 47.4 Å². The molecule has 0 aliphatic carbocycles. The van der Waals surface area contributed by atoms with Gasteiger partial charge in [0.1, 0.15) is 0 Å². The van der Waals surface area contributed by atoms with Crippen LogP contribution in [-0.2, 0) is 0 Å². The summed E-state index contributed by atoms with van der Waals surface area (Å²) in [7, 11) is 2.15. The summed E-state index contributed by atoms with van der Waals surface area (Å²) in [6.07, 6.45) is 0.912. The van der Waals surface area contributed by atoms with E-state index in [0.29, 0.717) is 12.0 Å². The van der Waals surface area contributed by atoms with Crippen LogP contribution < -0.4 is 5.73 Å². The minimum absolute atomic E-state index is 0.0117. The highest BCUT2D eigenvalue weighted by Crippen LogP contribution is 2.27. The van der Waals surface area contributed by atoms with E-state index in [0.717, 1.165) is 28.0 Å². The molecular weight excluding hydrogens is 324 g/mol. The van der Waals surface area contributed by atoms with Crippen molar-refractivity contribution >= 4 is 27.5 Å². The Kier molecular flexibility index (Phi) is 6.81. The SMILES string of the molecule is CC(C)C(C)N(C)CCC(N)c1ccc(Br)cc1Cl. The smallest absolute Gasteiger partial charge is 0.0464 e. The second-order valence-corrected chi connectivity index (χ2v) is 6.85. The Morgan fingerprint density at radius 2 is 1.95 bits per heavy atom. The molecule has 0 radical (unpaired) electrons. The van der Waals surface area contributed by atoms with Crippen molar-refractivity contribution in [1.29, 1.82) is 0 Å². The normalized spacial score (nSPS) is 15.0. The number of hydrogen-bond donors (Lipinski definition) is 1. The van der Waals surface area contributed by atoms with Crippen LogP contribution in [0.25, 0.3) is 0 Å². The van der Waals surface area contributed by atoms with Crippen molar-refractivity contribution in [3.8, 4) is 0 Å². The fraction of sp³-hybridized carbons (Fsp3) is 0.600. The number of nitrogens with two attached hydrogens (primary N) is 1. The van der Waals surface area contributed by atoms with E-state index < -0.39 is 0 Å². The molecule has 0 aliphatic heterocycles. The lowest BCUT2D eigenvalue weighted by molar-refractivity contribution is 0.202. The third-order valence-corrected chi connectivity index (χ3v) is 4.64. The van der Waals surface area contributed by atoms with Crippen LogP contribution in [0.1, 0.15) is 38.8 Å². The Labute approximate surface area is 130 Å². The minimum atomic E-state index is -0.0117. The predicted molar refractivity (Wildman–Crippen MR) is 87.6 cm³/mol. The maximum Gasteiger partial charge on any atom is 0.0464 e. The molecular formula is C15H24BrClN2. The zero-order chi connectivity index (χ0) is 14.6. The lowest BCUT2D eigenvalue weighted by Gasteiger charge is -2.29. The van der Waals surface area contributed by atoms with Crippen LogP contribution in [0.2, 0.25) is 5.02 Å². The molecule has 1 aromatic carbocycles. The van der Waals surface area contributed by atoms with Crippen LogP contribution in [0.5, 0.6) is 0 Å². The van der Waals surface area contributed by atoms with Gasteiger partial charge in [0, 0.05) is 21.6 Å². The zero-order valence-electron chi connectivity index (χ0n) is 12.2. The molecule has 1 rings (SSSR count). The Balaban J connectivity index is 2.58. The molecule has 2 atom stereocenters. The number of nitrogens with zero attached hydrogens (tertiary/aromatic N) is 1. The topological polar surface area (TPSA) is 29.3 Å². The minimum Gasteiger partial charge on any atom is -0.324 e. The van der Waals surface area contributed by atoms with Gasteiger partial charge in [0.25, 0.3) is 0 Å².